The minimum Gasteiger partial charge on any atom is -0.491 e. The van der Waals surface area contributed by atoms with Crippen LogP contribution in [-0.2, 0) is 35.4 Å². The van der Waals surface area contributed by atoms with Crippen LogP contribution >= 0.6 is 15.9 Å². The fourth-order valence-electron chi connectivity index (χ4n) is 6.36. The third kappa shape index (κ3) is 6.16. The predicted octanol–water partition coefficient (Wildman–Crippen LogP) is 6.44. The average Bonchev–Trinajstić information content (AvgIpc) is 3.43. The van der Waals surface area contributed by atoms with Crippen molar-refractivity contribution in [2.24, 2.45) is 0 Å². The zero-order chi connectivity index (χ0) is 32.4. The number of ether oxygens (including phenoxy) is 4. The summed E-state index contributed by atoms with van der Waals surface area (Å²) in [6, 6.07) is 11.4. The van der Waals surface area contributed by atoms with Gasteiger partial charge in [0.2, 0.25) is 0 Å². The van der Waals surface area contributed by atoms with Crippen molar-refractivity contribution in [2.75, 3.05) is 13.7 Å². The van der Waals surface area contributed by atoms with Gasteiger partial charge in [-0.2, -0.15) is 0 Å². The zero-order valence-corrected chi connectivity index (χ0v) is 30.4. The van der Waals surface area contributed by atoms with E-state index in [-0.39, 0.29) is 42.2 Å². The van der Waals surface area contributed by atoms with Crippen LogP contribution in [0.2, 0.25) is 5.04 Å². The number of esters is 1. The first-order chi connectivity index (χ1) is 20.3. The molecule has 0 N–H and O–H groups in total. The molecule has 2 aliphatic rings. The molecule has 10 heteroatoms. The van der Waals surface area contributed by atoms with Crippen LogP contribution < -0.4 is 4.74 Å². The van der Waals surface area contributed by atoms with E-state index < -0.39 is 26.6 Å². The lowest BCUT2D eigenvalue weighted by atomic mass is 9.71. The number of rotatable bonds is 8. The number of methoxy groups -OCH3 is 1. The van der Waals surface area contributed by atoms with Gasteiger partial charge in [0, 0.05) is 26.5 Å². The Bertz CT molecular complexity index is 1620. The summed E-state index contributed by atoms with van der Waals surface area (Å²) in [6.45, 7) is 18.9. The summed E-state index contributed by atoms with van der Waals surface area (Å²) in [5.74, 6) is -0.607. The molecule has 2 atom stereocenters. The molecule has 0 amide bonds. The second-order valence-electron chi connectivity index (χ2n) is 14.6. The summed E-state index contributed by atoms with van der Waals surface area (Å²) >= 11 is 3.55. The molecule has 8 nitrogen and oxygen atoms in total. The van der Waals surface area contributed by atoms with Crippen LogP contribution in [0.15, 0.2) is 40.9 Å². The van der Waals surface area contributed by atoms with Gasteiger partial charge in [-0.15, -0.1) is 0 Å². The molecule has 0 saturated carbocycles. The number of ketones is 1. The first kappa shape index (κ1) is 32.9. The Kier molecular flexibility index (Phi) is 8.51. The first-order valence-corrected chi connectivity index (χ1v) is 17.1. The van der Waals surface area contributed by atoms with Gasteiger partial charge < -0.3 is 27.9 Å². The van der Waals surface area contributed by atoms with Crippen LogP contribution in [0.1, 0.15) is 89.5 Å². The van der Waals surface area contributed by atoms with Gasteiger partial charge in [-0.05, 0) is 68.6 Å². The van der Waals surface area contributed by atoms with E-state index in [0.717, 1.165) is 26.6 Å². The SMILES string of the molecule is COC(=O)Cn1c2c(c3ccc(Br)cc31)C(=O)c1ccc(OC[C@H]3OC(C)(C)O[C@H]3C(C)(C)O[SiH2]C(C)(C)C)cc1C2(C)C. The second kappa shape index (κ2) is 11.4. The zero-order valence-electron chi connectivity index (χ0n) is 27.4. The van der Waals surface area contributed by atoms with Crippen LogP contribution in [0.5, 0.6) is 5.75 Å². The Hall–Kier alpha value is -2.50. The van der Waals surface area contributed by atoms with Gasteiger partial charge in [0.1, 0.15) is 31.1 Å². The summed E-state index contributed by atoms with van der Waals surface area (Å²) in [6.07, 6.45) is -0.675. The number of hydrogen-bond donors (Lipinski definition) is 0. The van der Waals surface area contributed by atoms with E-state index in [1.165, 1.54) is 7.11 Å². The topological polar surface area (TPSA) is 85.2 Å². The molecule has 0 unspecified atom stereocenters. The van der Waals surface area contributed by atoms with Gasteiger partial charge in [-0.25, -0.2) is 0 Å². The lowest BCUT2D eigenvalue weighted by Crippen LogP contribution is -2.48. The molecule has 0 radical (unpaired) electrons. The number of nitrogens with zero attached hydrogens (tertiary/aromatic N) is 1. The molecule has 1 fully saturated rings. The van der Waals surface area contributed by atoms with E-state index in [1.54, 1.807) is 0 Å². The van der Waals surface area contributed by atoms with Crippen molar-refractivity contribution < 1.29 is 33.0 Å². The van der Waals surface area contributed by atoms with E-state index in [4.69, 9.17) is 23.4 Å². The van der Waals surface area contributed by atoms with E-state index >= 15 is 0 Å². The fraction of sp³-hybridized carbons (Fsp3) is 0.529. The van der Waals surface area contributed by atoms with Crippen LogP contribution in [0.4, 0.5) is 0 Å². The van der Waals surface area contributed by atoms with Gasteiger partial charge in [-0.3, -0.25) is 9.59 Å². The minimum atomic E-state index is -0.829. The predicted molar refractivity (Wildman–Crippen MR) is 176 cm³/mol. The summed E-state index contributed by atoms with van der Waals surface area (Å²) in [5.41, 5.74) is 2.47. The maximum Gasteiger partial charge on any atom is 0.325 e. The summed E-state index contributed by atoms with van der Waals surface area (Å²) in [5, 5.41) is 0.951. The van der Waals surface area contributed by atoms with Crippen molar-refractivity contribution in [1.29, 1.82) is 0 Å². The van der Waals surface area contributed by atoms with Gasteiger partial charge in [0.05, 0.1) is 23.8 Å². The summed E-state index contributed by atoms with van der Waals surface area (Å²) < 4.78 is 33.3. The number of carbonyl (C=O) groups excluding carboxylic acids is 2. The molecule has 1 saturated heterocycles. The summed E-state index contributed by atoms with van der Waals surface area (Å²) in [7, 11) is 0.542. The third-order valence-electron chi connectivity index (χ3n) is 8.43. The molecule has 1 aromatic heterocycles. The number of carbonyl (C=O) groups is 2. The third-order valence-corrected chi connectivity index (χ3v) is 10.7. The summed E-state index contributed by atoms with van der Waals surface area (Å²) in [4.78, 5) is 26.6. The van der Waals surface area contributed by atoms with Crippen LogP contribution in [0.25, 0.3) is 10.9 Å². The standard InChI is InChI=1S/C34H44BrNO7Si/c1-31(2,3)44-43-33(6,7)30-25(41-34(8,9)42-30)18-40-20-12-14-21-23(16-20)32(4,5)29-27(28(21)38)22-13-11-19(35)15-24(22)36(29)17-26(37)39-10/h11-16,25,30H,17-18,44H2,1-10H3/t25-,30-/m1/s1. The van der Waals surface area contributed by atoms with Crippen LogP contribution in [0, 0.1) is 0 Å². The van der Waals surface area contributed by atoms with Gasteiger partial charge in [0.15, 0.2) is 21.3 Å². The molecule has 0 bridgehead atoms. The first-order valence-electron chi connectivity index (χ1n) is 15.1. The molecule has 1 aliphatic carbocycles. The van der Waals surface area contributed by atoms with E-state index in [0.29, 0.717) is 16.9 Å². The molecule has 44 heavy (non-hydrogen) atoms. The van der Waals surface area contributed by atoms with E-state index in [1.807, 2.05) is 54.8 Å². The Morgan fingerprint density at radius 3 is 2.41 bits per heavy atom. The highest BCUT2D eigenvalue weighted by Gasteiger charge is 2.50. The number of fused-ring (bicyclic) bond motifs is 4. The molecule has 238 valence electrons. The lowest BCUT2D eigenvalue weighted by Gasteiger charge is -2.36. The Balaban J connectivity index is 1.47. The van der Waals surface area contributed by atoms with Crippen molar-refractivity contribution in [3.8, 4) is 5.75 Å². The number of aromatic nitrogens is 1. The molecule has 5 rings (SSSR count). The second-order valence-corrected chi connectivity index (χ2v) is 18.2. The Morgan fingerprint density at radius 1 is 1.05 bits per heavy atom. The molecule has 0 spiro atoms. The van der Waals surface area contributed by atoms with Crippen molar-refractivity contribution >= 4 is 48.3 Å². The maximum atomic E-state index is 14.1. The van der Waals surface area contributed by atoms with Crippen LogP contribution in [-0.4, -0.2) is 63.4 Å². The molecule has 2 aromatic carbocycles. The average molecular weight is 687 g/mol. The Morgan fingerprint density at radius 2 is 1.75 bits per heavy atom. The molecule has 3 aromatic rings. The quantitative estimate of drug-likeness (QED) is 0.199. The largest absolute Gasteiger partial charge is 0.491 e. The molecular formula is C34H44BrNO7Si. The smallest absolute Gasteiger partial charge is 0.325 e. The van der Waals surface area contributed by atoms with Crippen molar-refractivity contribution in [3.63, 3.8) is 0 Å². The monoisotopic (exact) mass is 685 g/mol. The Labute approximate surface area is 270 Å². The van der Waals surface area contributed by atoms with E-state index in [9.17, 15) is 9.59 Å². The number of hydrogen-bond acceptors (Lipinski definition) is 7. The van der Waals surface area contributed by atoms with Crippen molar-refractivity contribution in [2.45, 2.75) is 103 Å². The highest BCUT2D eigenvalue weighted by atomic mass is 79.9. The van der Waals surface area contributed by atoms with Gasteiger partial charge in [0.25, 0.3) is 0 Å². The van der Waals surface area contributed by atoms with Gasteiger partial charge >= 0.3 is 5.97 Å². The van der Waals surface area contributed by atoms with Gasteiger partial charge in [-0.1, -0.05) is 56.6 Å². The minimum absolute atomic E-state index is 0.00680. The molecule has 1 aliphatic heterocycles. The van der Waals surface area contributed by atoms with Crippen molar-refractivity contribution in [3.05, 3.63) is 63.3 Å². The molecule has 2 heterocycles. The fourth-order valence-corrected chi connectivity index (χ4v) is 7.68. The molecular weight excluding hydrogens is 642 g/mol. The van der Waals surface area contributed by atoms with Crippen molar-refractivity contribution in [1.82, 2.24) is 4.57 Å². The maximum absolute atomic E-state index is 14.1. The van der Waals surface area contributed by atoms with E-state index in [2.05, 4.69) is 64.4 Å². The highest BCUT2D eigenvalue weighted by Crippen LogP contribution is 2.47. The highest BCUT2D eigenvalue weighted by molar-refractivity contribution is 9.10. The number of benzene rings is 2. The normalized spacial score (nSPS) is 21.1. The number of halogens is 1. The van der Waals surface area contributed by atoms with Crippen LogP contribution in [0.3, 0.4) is 0 Å². The lowest BCUT2D eigenvalue weighted by molar-refractivity contribution is -0.162.